The van der Waals surface area contributed by atoms with Gasteiger partial charge in [0, 0.05) is 11.1 Å². The molecule has 0 fully saturated rings. The summed E-state index contributed by atoms with van der Waals surface area (Å²) in [5.41, 5.74) is 0.807. The van der Waals surface area contributed by atoms with E-state index in [2.05, 4.69) is 10.3 Å². The summed E-state index contributed by atoms with van der Waals surface area (Å²) in [6.45, 7) is 1.93. The first-order chi connectivity index (χ1) is 9.47. The molecule has 6 heteroatoms. The van der Waals surface area contributed by atoms with E-state index in [1.807, 2.05) is 25.1 Å². The Morgan fingerprint density at radius 1 is 1.30 bits per heavy atom. The average Bonchev–Trinajstić information content (AvgIpc) is 2.40. The molecule has 0 radical (unpaired) electrons. The van der Waals surface area contributed by atoms with Crippen molar-refractivity contribution in [2.45, 2.75) is 13.0 Å². The summed E-state index contributed by atoms with van der Waals surface area (Å²) < 4.78 is 0. The lowest BCUT2D eigenvalue weighted by molar-refractivity contribution is 0.0691. The number of pyridine rings is 1. The van der Waals surface area contributed by atoms with Crippen LogP contribution in [0.25, 0.3) is 0 Å². The Morgan fingerprint density at radius 2 is 2.05 bits per heavy atom. The van der Waals surface area contributed by atoms with Gasteiger partial charge in [0.15, 0.2) is 5.69 Å². The van der Waals surface area contributed by atoms with Crippen LogP contribution in [0.2, 0.25) is 10.0 Å². The van der Waals surface area contributed by atoms with Crippen LogP contribution in [0.4, 0.5) is 5.82 Å². The number of nitrogens with one attached hydrogen (secondary N) is 1. The average molecular weight is 311 g/mol. The first-order valence-corrected chi connectivity index (χ1v) is 6.65. The van der Waals surface area contributed by atoms with Crippen LogP contribution in [0.15, 0.2) is 36.4 Å². The van der Waals surface area contributed by atoms with Crippen LogP contribution in [-0.2, 0) is 0 Å². The third kappa shape index (κ3) is 3.40. The van der Waals surface area contributed by atoms with E-state index in [1.54, 1.807) is 12.1 Å². The second kappa shape index (κ2) is 6.11. The molecule has 20 heavy (non-hydrogen) atoms. The summed E-state index contributed by atoms with van der Waals surface area (Å²) in [4.78, 5) is 15.0. The van der Waals surface area contributed by atoms with Crippen molar-refractivity contribution in [1.82, 2.24) is 4.98 Å². The predicted molar refractivity (Wildman–Crippen MR) is 79.7 cm³/mol. The van der Waals surface area contributed by atoms with E-state index in [0.29, 0.717) is 10.8 Å². The third-order valence-corrected chi connectivity index (χ3v) is 3.30. The lowest BCUT2D eigenvalue weighted by Crippen LogP contribution is -2.10. The Labute approximate surface area is 126 Å². The fourth-order valence-corrected chi connectivity index (χ4v) is 2.14. The fourth-order valence-electron chi connectivity index (χ4n) is 1.75. The Morgan fingerprint density at radius 3 is 2.70 bits per heavy atom. The smallest absolute Gasteiger partial charge is 0.356 e. The third-order valence-electron chi connectivity index (χ3n) is 2.76. The Balaban J connectivity index is 2.22. The molecule has 0 bridgehead atoms. The zero-order valence-corrected chi connectivity index (χ0v) is 12.1. The Bertz CT molecular complexity index is 647. The molecule has 1 aromatic carbocycles. The SMILES string of the molecule is CC(Nc1ccc(Cl)c(C(=O)O)n1)c1cccc(Cl)c1. The van der Waals surface area contributed by atoms with Gasteiger partial charge >= 0.3 is 5.97 Å². The van der Waals surface area contributed by atoms with Gasteiger partial charge in [-0.15, -0.1) is 0 Å². The van der Waals surface area contributed by atoms with E-state index in [1.165, 1.54) is 6.07 Å². The summed E-state index contributed by atoms with van der Waals surface area (Å²) in [5.74, 6) is -0.715. The molecule has 104 valence electrons. The van der Waals surface area contributed by atoms with Gasteiger partial charge in [0.2, 0.25) is 0 Å². The van der Waals surface area contributed by atoms with Crippen LogP contribution in [0.5, 0.6) is 0 Å². The van der Waals surface area contributed by atoms with Crippen LogP contribution < -0.4 is 5.32 Å². The topological polar surface area (TPSA) is 62.2 Å². The van der Waals surface area contributed by atoms with Gasteiger partial charge in [0.25, 0.3) is 0 Å². The largest absolute Gasteiger partial charge is 0.476 e. The molecular formula is C14H12Cl2N2O2. The molecule has 0 amide bonds. The zero-order chi connectivity index (χ0) is 14.7. The standard InChI is InChI=1S/C14H12Cl2N2O2/c1-8(9-3-2-4-10(15)7-9)17-12-6-5-11(16)13(18-12)14(19)20/h2-8H,1H3,(H,17,18)(H,19,20). The molecule has 4 nitrogen and oxygen atoms in total. The van der Waals surface area contributed by atoms with E-state index in [9.17, 15) is 4.79 Å². The molecule has 1 atom stereocenters. The number of benzene rings is 1. The van der Waals surface area contributed by atoms with Gasteiger partial charge in [0.05, 0.1) is 5.02 Å². The van der Waals surface area contributed by atoms with Crippen LogP contribution in [0.3, 0.4) is 0 Å². The number of rotatable bonds is 4. The monoisotopic (exact) mass is 310 g/mol. The van der Waals surface area contributed by atoms with Gasteiger partial charge in [0.1, 0.15) is 5.82 Å². The molecule has 2 N–H and O–H groups in total. The normalized spacial score (nSPS) is 11.9. The van der Waals surface area contributed by atoms with Crippen LogP contribution in [0, 0.1) is 0 Å². The molecular weight excluding hydrogens is 299 g/mol. The van der Waals surface area contributed by atoms with Gasteiger partial charge in [-0.05, 0) is 36.8 Å². The molecule has 0 saturated heterocycles. The van der Waals surface area contributed by atoms with Crippen LogP contribution in [-0.4, -0.2) is 16.1 Å². The zero-order valence-electron chi connectivity index (χ0n) is 10.6. The summed E-state index contributed by atoms with van der Waals surface area (Å²) in [7, 11) is 0. The number of anilines is 1. The van der Waals surface area contributed by atoms with E-state index >= 15 is 0 Å². The summed E-state index contributed by atoms with van der Waals surface area (Å²) in [5, 5.41) is 12.9. The van der Waals surface area contributed by atoms with Crippen molar-refractivity contribution in [1.29, 1.82) is 0 Å². The predicted octanol–water partition coefficient (Wildman–Crippen LogP) is 4.26. The van der Waals surface area contributed by atoms with Gasteiger partial charge in [-0.1, -0.05) is 35.3 Å². The maximum absolute atomic E-state index is 11.0. The summed E-state index contributed by atoms with van der Waals surface area (Å²) in [6, 6.07) is 10.5. The number of carboxylic acid groups (broad SMARTS) is 1. The minimum Gasteiger partial charge on any atom is -0.476 e. The van der Waals surface area contributed by atoms with Crippen molar-refractivity contribution >= 4 is 35.0 Å². The van der Waals surface area contributed by atoms with Crippen molar-refractivity contribution in [3.63, 3.8) is 0 Å². The molecule has 1 unspecified atom stereocenters. The molecule has 0 aliphatic carbocycles. The van der Waals surface area contributed by atoms with E-state index in [0.717, 1.165) is 5.56 Å². The maximum atomic E-state index is 11.0. The van der Waals surface area contributed by atoms with Crippen LogP contribution >= 0.6 is 23.2 Å². The van der Waals surface area contributed by atoms with Crippen LogP contribution in [0.1, 0.15) is 29.0 Å². The highest BCUT2D eigenvalue weighted by atomic mass is 35.5. The lowest BCUT2D eigenvalue weighted by atomic mass is 10.1. The molecule has 1 aromatic heterocycles. The van der Waals surface area contributed by atoms with E-state index in [-0.39, 0.29) is 16.8 Å². The second-order valence-corrected chi connectivity index (χ2v) is 5.10. The number of aromatic carboxylic acids is 1. The minimum atomic E-state index is -1.16. The number of carboxylic acids is 1. The number of halogens is 2. The summed E-state index contributed by atoms with van der Waals surface area (Å²) in [6.07, 6.45) is 0. The number of aromatic nitrogens is 1. The number of nitrogens with zero attached hydrogens (tertiary/aromatic N) is 1. The molecule has 0 spiro atoms. The highest BCUT2D eigenvalue weighted by Gasteiger charge is 2.13. The Kier molecular flexibility index (Phi) is 4.47. The van der Waals surface area contributed by atoms with Gasteiger partial charge in [-0.2, -0.15) is 0 Å². The van der Waals surface area contributed by atoms with Crippen molar-refractivity contribution in [2.75, 3.05) is 5.32 Å². The molecule has 0 aliphatic rings. The number of carbonyl (C=O) groups is 1. The Hall–Kier alpha value is -1.78. The maximum Gasteiger partial charge on any atom is 0.356 e. The van der Waals surface area contributed by atoms with Crippen molar-refractivity contribution in [3.05, 3.63) is 57.7 Å². The van der Waals surface area contributed by atoms with E-state index in [4.69, 9.17) is 28.3 Å². The lowest BCUT2D eigenvalue weighted by Gasteiger charge is -2.15. The van der Waals surface area contributed by atoms with Gasteiger partial charge in [-0.25, -0.2) is 9.78 Å². The first kappa shape index (κ1) is 14.6. The minimum absolute atomic E-state index is 0.0657. The van der Waals surface area contributed by atoms with Crippen molar-refractivity contribution in [2.24, 2.45) is 0 Å². The summed E-state index contributed by atoms with van der Waals surface area (Å²) >= 11 is 11.7. The van der Waals surface area contributed by atoms with Gasteiger partial charge in [-0.3, -0.25) is 0 Å². The van der Waals surface area contributed by atoms with Crippen molar-refractivity contribution < 1.29 is 9.90 Å². The molecule has 1 heterocycles. The highest BCUT2D eigenvalue weighted by molar-refractivity contribution is 6.33. The quantitative estimate of drug-likeness (QED) is 0.885. The number of hydrogen-bond acceptors (Lipinski definition) is 3. The fraction of sp³-hybridized carbons (Fsp3) is 0.143. The molecule has 2 aromatic rings. The molecule has 0 saturated carbocycles. The molecule has 0 aliphatic heterocycles. The van der Waals surface area contributed by atoms with Crippen molar-refractivity contribution in [3.8, 4) is 0 Å². The first-order valence-electron chi connectivity index (χ1n) is 5.89. The molecule has 2 rings (SSSR count). The number of hydrogen-bond donors (Lipinski definition) is 2. The second-order valence-electron chi connectivity index (χ2n) is 4.25. The highest BCUT2D eigenvalue weighted by Crippen LogP contribution is 2.23. The van der Waals surface area contributed by atoms with Gasteiger partial charge < -0.3 is 10.4 Å². The van der Waals surface area contributed by atoms with E-state index < -0.39 is 5.97 Å².